The zero-order chi connectivity index (χ0) is 14.2. The summed E-state index contributed by atoms with van der Waals surface area (Å²) in [5.74, 6) is -1.61. The Labute approximate surface area is 107 Å². The zero-order valence-corrected chi connectivity index (χ0v) is 12.1. The Hall–Kier alpha value is -0.710. The molecule has 0 aromatic heterocycles. The van der Waals surface area contributed by atoms with Crippen molar-refractivity contribution in [1.82, 2.24) is 5.09 Å². The van der Waals surface area contributed by atoms with E-state index in [0.717, 1.165) is 0 Å². The molecular weight excluding hydrogens is 257 g/mol. The quantitative estimate of drug-likeness (QED) is 0.677. The molecule has 0 amide bonds. The van der Waals surface area contributed by atoms with Gasteiger partial charge >= 0.3 is 106 Å². The van der Waals surface area contributed by atoms with Crippen LogP contribution in [0, 0.1) is 0 Å². The maximum absolute atomic E-state index is 11.7. The summed E-state index contributed by atoms with van der Waals surface area (Å²) in [6.07, 6.45) is 0.133. The van der Waals surface area contributed by atoms with Crippen molar-refractivity contribution in [3.63, 3.8) is 0 Å². The van der Waals surface area contributed by atoms with Gasteiger partial charge in [0.25, 0.3) is 0 Å². The maximum atomic E-state index is 11.7. The van der Waals surface area contributed by atoms with Crippen molar-refractivity contribution < 1.29 is 24.1 Å². The summed E-state index contributed by atoms with van der Waals surface area (Å²) in [5, 5.41) is 11.9. The van der Waals surface area contributed by atoms with Crippen molar-refractivity contribution in [3.05, 3.63) is 0 Å². The minimum absolute atomic E-state index is 0.00185. The second-order valence-corrected chi connectivity index (χ2v) is 10.1. The van der Waals surface area contributed by atoms with E-state index in [0.29, 0.717) is 0 Å². The van der Waals surface area contributed by atoms with E-state index in [4.69, 9.17) is 9.63 Å². The summed E-state index contributed by atoms with van der Waals surface area (Å²) in [5.41, 5.74) is -0.722. The molecule has 1 rings (SSSR count). The predicted molar refractivity (Wildman–Crippen MR) is 69.3 cm³/mol. The first-order valence-electron chi connectivity index (χ1n) is 6.11. The van der Waals surface area contributed by atoms with Gasteiger partial charge in [0.2, 0.25) is 0 Å². The molecule has 1 fully saturated rings. The molecule has 0 saturated carbocycles. The van der Waals surface area contributed by atoms with Gasteiger partial charge in [-0.1, -0.05) is 0 Å². The van der Waals surface area contributed by atoms with Crippen molar-refractivity contribution in [2.75, 3.05) is 0 Å². The number of aliphatic carboxylic acids is 1. The number of hydrogen-bond acceptors (Lipinski definition) is 5. The first-order chi connectivity index (χ1) is 8.10. The van der Waals surface area contributed by atoms with Crippen molar-refractivity contribution >= 4 is 19.1 Å². The molecule has 6 nitrogen and oxygen atoms in total. The van der Waals surface area contributed by atoms with Crippen LogP contribution in [0.2, 0.25) is 0 Å². The Morgan fingerprint density at radius 3 is 2.28 bits per heavy atom. The molecule has 0 radical (unpaired) electrons. The molecule has 0 aromatic carbocycles. The van der Waals surface area contributed by atoms with Gasteiger partial charge < -0.3 is 0 Å². The predicted octanol–water partition coefficient (Wildman–Crippen LogP) is 1.47. The van der Waals surface area contributed by atoms with Crippen molar-refractivity contribution in [2.45, 2.75) is 57.9 Å². The molecule has 0 aliphatic carbocycles. The molecule has 7 heteroatoms. The molecule has 0 bridgehead atoms. The number of nitrogens with one attached hydrogen (secondary N) is 1. The molecule has 0 spiro atoms. The van der Waals surface area contributed by atoms with Gasteiger partial charge in [-0.15, -0.1) is 0 Å². The van der Waals surface area contributed by atoms with E-state index in [9.17, 15) is 14.5 Å². The summed E-state index contributed by atoms with van der Waals surface area (Å²) >= 11 is 0. The molecule has 1 heterocycles. The van der Waals surface area contributed by atoms with E-state index in [1.807, 2.05) is 0 Å². The monoisotopic (exact) mass is 279 g/mol. The molecule has 1 atom stereocenters. The molecular formula is C11H22NO5P. The van der Waals surface area contributed by atoms with E-state index in [-0.39, 0.29) is 24.2 Å². The summed E-state index contributed by atoms with van der Waals surface area (Å²) in [6, 6.07) is -0.955. The normalized spacial score (nSPS) is 29.2. The van der Waals surface area contributed by atoms with Gasteiger partial charge in [0.15, 0.2) is 0 Å². The van der Waals surface area contributed by atoms with Crippen LogP contribution in [0.15, 0.2) is 0 Å². The van der Waals surface area contributed by atoms with Gasteiger partial charge in [-0.25, -0.2) is 0 Å². The van der Waals surface area contributed by atoms with E-state index >= 15 is 0 Å². The van der Waals surface area contributed by atoms with Gasteiger partial charge in [-0.05, 0) is 0 Å². The number of rotatable bonds is 3. The molecule has 1 saturated heterocycles. The van der Waals surface area contributed by atoms with E-state index in [2.05, 4.69) is 5.09 Å². The number of carboxylic acid groups (broad SMARTS) is 1. The molecule has 1 unspecified atom stereocenters. The Bertz CT molecular complexity index is 360. The Kier molecular flexibility index (Phi) is 4.06. The van der Waals surface area contributed by atoms with Gasteiger partial charge in [0, 0.05) is 0 Å². The molecule has 106 valence electrons. The fraction of sp³-hybridized carbons (Fsp3) is 0.818. The SMILES string of the molecule is CC(C)P1(O)(C(C)C)NC(C(=O)O)CCC(=O)O1. The van der Waals surface area contributed by atoms with Crippen LogP contribution in [0.25, 0.3) is 0 Å². The van der Waals surface area contributed by atoms with E-state index in [1.54, 1.807) is 27.7 Å². The summed E-state index contributed by atoms with van der Waals surface area (Å²) in [6.45, 7) is 6.95. The molecule has 1 aliphatic heterocycles. The number of hydrogen-bond donors (Lipinski definition) is 3. The van der Waals surface area contributed by atoms with E-state index in [1.165, 1.54) is 0 Å². The Morgan fingerprint density at radius 2 is 1.89 bits per heavy atom. The number of carboxylic acids is 1. The summed E-state index contributed by atoms with van der Waals surface area (Å²) in [7, 11) is -4.05. The molecule has 0 aromatic rings. The fourth-order valence-corrected chi connectivity index (χ4v) is 5.86. The number of carbonyl (C=O) groups excluding carboxylic acids is 1. The fourth-order valence-electron chi connectivity index (χ4n) is 2.21. The Balaban J connectivity index is 3.29. The summed E-state index contributed by atoms with van der Waals surface area (Å²) < 4.78 is 5.36. The van der Waals surface area contributed by atoms with Crippen LogP contribution >= 0.6 is 7.21 Å². The van der Waals surface area contributed by atoms with Gasteiger partial charge in [-0.2, -0.15) is 0 Å². The van der Waals surface area contributed by atoms with Crippen LogP contribution in [0.3, 0.4) is 0 Å². The zero-order valence-electron chi connectivity index (χ0n) is 11.2. The first kappa shape index (κ1) is 15.3. The van der Waals surface area contributed by atoms with Crippen molar-refractivity contribution in [3.8, 4) is 0 Å². The average Bonchev–Trinajstić information content (AvgIpc) is 2.37. The first-order valence-corrected chi connectivity index (χ1v) is 8.35. The minimum atomic E-state index is -4.05. The van der Waals surface area contributed by atoms with Gasteiger partial charge in [-0.3, -0.25) is 0 Å². The Morgan fingerprint density at radius 1 is 1.39 bits per heavy atom. The second kappa shape index (κ2) is 4.76. The third kappa shape index (κ3) is 2.37. The van der Waals surface area contributed by atoms with Gasteiger partial charge in [0.1, 0.15) is 0 Å². The van der Waals surface area contributed by atoms with Crippen LogP contribution in [-0.2, 0) is 14.1 Å². The topological polar surface area (TPSA) is 95.9 Å². The summed E-state index contributed by atoms with van der Waals surface area (Å²) in [4.78, 5) is 33.9. The third-order valence-corrected chi connectivity index (χ3v) is 9.05. The van der Waals surface area contributed by atoms with Crippen LogP contribution in [0.1, 0.15) is 40.5 Å². The number of carbonyl (C=O) groups is 2. The average molecular weight is 279 g/mol. The molecule has 1 aliphatic rings. The van der Waals surface area contributed by atoms with Crippen LogP contribution in [-0.4, -0.2) is 39.3 Å². The van der Waals surface area contributed by atoms with Crippen molar-refractivity contribution in [1.29, 1.82) is 0 Å². The molecule has 3 N–H and O–H groups in total. The molecule has 18 heavy (non-hydrogen) atoms. The van der Waals surface area contributed by atoms with Gasteiger partial charge in [0.05, 0.1) is 0 Å². The van der Waals surface area contributed by atoms with Crippen LogP contribution in [0.4, 0.5) is 0 Å². The van der Waals surface area contributed by atoms with E-state index < -0.39 is 25.2 Å². The standard InChI is InChI=1S/C11H22NO5P/c1-7(2)18(16,8(3)4)12-9(11(14)15)5-6-10(13)17-18/h7-9,12,16H,5-6H2,1-4H3,(H,14,15). The second-order valence-electron chi connectivity index (χ2n) is 5.33. The van der Waals surface area contributed by atoms with Crippen LogP contribution < -0.4 is 5.09 Å². The third-order valence-electron chi connectivity index (χ3n) is 3.64. The van der Waals surface area contributed by atoms with Crippen molar-refractivity contribution in [2.24, 2.45) is 0 Å². The van der Waals surface area contributed by atoms with Crippen LogP contribution in [0.5, 0.6) is 0 Å².